The van der Waals surface area contributed by atoms with Gasteiger partial charge in [-0.2, -0.15) is 5.26 Å². The van der Waals surface area contributed by atoms with Crippen molar-refractivity contribution in [2.24, 2.45) is 0 Å². The number of hydrogen-bond acceptors (Lipinski definition) is 6. The molecule has 6 nitrogen and oxygen atoms in total. The molecule has 0 aliphatic carbocycles. The minimum Gasteiger partial charge on any atom is -0.494 e. The number of nitrogens with zero attached hydrogens (tertiary/aromatic N) is 4. The number of anilines is 1. The molecule has 1 aliphatic heterocycles. The first kappa shape index (κ1) is 21.1. The molecule has 2 heterocycles. The highest BCUT2D eigenvalue weighted by Gasteiger charge is 2.16. The topological polar surface area (TPSA) is 64.4 Å². The number of ether oxygens (including phenoxy) is 1. The highest BCUT2D eigenvalue weighted by atomic mass is 16.5. The van der Waals surface area contributed by atoms with Gasteiger partial charge in [-0.05, 0) is 42.3 Å². The van der Waals surface area contributed by atoms with Crippen LogP contribution in [0.2, 0.25) is 0 Å². The number of benzene rings is 1. The number of unbranched alkanes of at least 4 members (excludes halogenated alkanes) is 1. The molecule has 0 amide bonds. The van der Waals surface area contributed by atoms with Crippen LogP contribution in [0.4, 0.5) is 5.82 Å². The second-order valence-electron chi connectivity index (χ2n) is 7.31. The molecule has 1 aromatic heterocycles. The van der Waals surface area contributed by atoms with E-state index in [1.165, 1.54) is 11.1 Å². The molecule has 0 saturated carbocycles. The number of nitrogens with one attached hydrogen (secondary N) is 1. The second kappa shape index (κ2) is 11.4. The summed E-state index contributed by atoms with van der Waals surface area (Å²) in [4.78, 5) is 9.51. The smallest absolute Gasteiger partial charge is 0.128 e. The first-order chi connectivity index (χ1) is 14.3. The average molecular weight is 394 g/mol. The van der Waals surface area contributed by atoms with Crippen molar-refractivity contribution in [1.82, 2.24) is 15.2 Å². The number of piperazine rings is 1. The van der Waals surface area contributed by atoms with E-state index in [1.54, 1.807) is 0 Å². The van der Waals surface area contributed by atoms with Gasteiger partial charge in [0.2, 0.25) is 0 Å². The summed E-state index contributed by atoms with van der Waals surface area (Å²) in [5.41, 5.74) is 2.37. The van der Waals surface area contributed by atoms with Crippen LogP contribution < -0.4 is 15.0 Å². The summed E-state index contributed by atoms with van der Waals surface area (Å²) < 4.78 is 5.70. The van der Waals surface area contributed by atoms with E-state index in [0.29, 0.717) is 13.0 Å². The fraction of sp³-hybridized carbons (Fsp3) is 0.478. The Kier molecular flexibility index (Phi) is 8.29. The summed E-state index contributed by atoms with van der Waals surface area (Å²) in [5.74, 6) is 1.93. The lowest BCUT2D eigenvalue weighted by Crippen LogP contribution is -2.46. The molecule has 1 fully saturated rings. The van der Waals surface area contributed by atoms with Crippen molar-refractivity contribution in [2.75, 3.05) is 44.2 Å². The SMILES string of the molecule is CCN1CCN(c2ccc(CNCc3cccc(OCCCC#N)c3)cn2)CC1. The van der Waals surface area contributed by atoms with Crippen molar-refractivity contribution in [3.8, 4) is 11.8 Å². The molecule has 29 heavy (non-hydrogen) atoms. The van der Waals surface area contributed by atoms with Gasteiger partial charge in [0.1, 0.15) is 11.6 Å². The number of hydrogen-bond donors (Lipinski definition) is 1. The van der Waals surface area contributed by atoms with Gasteiger partial charge < -0.3 is 19.9 Å². The van der Waals surface area contributed by atoms with Gasteiger partial charge >= 0.3 is 0 Å². The molecule has 6 heteroatoms. The van der Waals surface area contributed by atoms with Gasteiger partial charge in [-0.15, -0.1) is 0 Å². The molecule has 0 atom stereocenters. The van der Waals surface area contributed by atoms with Gasteiger partial charge in [-0.1, -0.05) is 25.1 Å². The van der Waals surface area contributed by atoms with Gasteiger partial charge in [-0.3, -0.25) is 0 Å². The van der Waals surface area contributed by atoms with Crippen LogP contribution in [-0.4, -0.2) is 49.2 Å². The van der Waals surface area contributed by atoms with E-state index in [0.717, 1.165) is 63.8 Å². The number of aromatic nitrogens is 1. The van der Waals surface area contributed by atoms with Crippen LogP contribution in [0, 0.1) is 11.3 Å². The highest BCUT2D eigenvalue weighted by Crippen LogP contribution is 2.15. The van der Waals surface area contributed by atoms with Crippen LogP contribution in [0.25, 0.3) is 0 Å². The number of rotatable bonds is 10. The summed E-state index contributed by atoms with van der Waals surface area (Å²) in [6, 6.07) is 14.5. The van der Waals surface area contributed by atoms with Crippen LogP contribution in [0.3, 0.4) is 0 Å². The maximum Gasteiger partial charge on any atom is 0.128 e. The molecule has 3 rings (SSSR count). The number of likely N-dealkylation sites (N-methyl/N-ethyl adjacent to an activating group) is 1. The molecule has 0 bridgehead atoms. The quantitative estimate of drug-likeness (QED) is 0.626. The zero-order valence-electron chi connectivity index (χ0n) is 17.3. The van der Waals surface area contributed by atoms with Gasteiger partial charge in [-0.25, -0.2) is 4.98 Å². The largest absolute Gasteiger partial charge is 0.494 e. The van der Waals surface area contributed by atoms with Crippen molar-refractivity contribution in [1.29, 1.82) is 5.26 Å². The normalized spacial score (nSPS) is 14.6. The van der Waals surface area contributed by atoms with E-state index in [-0.39, 0.29) is 0 Å². The average Bonchev–Trinajstić information content (AvgIpc) is 2.78. The van der Waals surface area contributed by atoms with Crippen LogP contribution in [0.5, 0.6) is 5.75 Å². The zero-order valence-corrected chi connectivity index (χ0v) is 17.3. The monoisotopic (exact) mass is 393 g/mol. The standard InChI is InChI=1S/C23H31N5O/c1-2-27-11-13-28(14-12-27)23-9-8-21(19-26-23)18-25-17-20-6-5-7-22(16-20)29-15-4-3-10-24/h5-9,16,19,25H,2-4,11-15,17-18H2,1H3. The second-order valence-corrected chi connectivity index (χ2v) is 7.31. The third kappa shape index (κ3) is 6.74. The van der Waals surface area contributed by atoms with Crippen LogP contribution in [0.1, 0.15) is 30.9 Å². The van der Waals surface area contributed by atoms with E-state index >= 15 is 0 Å². The van der Waals surface area contributed by atoms with Crippen molar-refractivity contribution >= 4 is 5.82 Å². The Hall–Kier alpha value is -2.62. The summed E-state index contributed by atoms with van der Waals surface area (Å²) in [5, 5.41) is 12.1. The van der Waals surface area contributed by atoms with Crippen molar-refractivity contribution in [3.05, 3.63) is 53.7 Å². The molecule has 154 valence electrons. The third-order valence-corrected chi connectivity index (χ3v) is 5.21. The summed E-state index contributed by atoms with van der Waals surface area (Å²) in [7, 11) is 0. The first-order valence-corrected chi connectivity index (χ1v) is 10.5. The van der Waals surface area contributed by atoms with Crippen LogP contribution in [0.15, 0.2) is 42.6 Å². The maximum absolute atomic E-state index is 8.58. The Morgan fingerprint density at radius 1 is 1.10 bits per heavy atom. The lowest BCUT2D eigenvalue weighted by molar-refractivity contribution is 0.270. The van der Waals surface area contributed by atoms with Crippen molar-refractivity contribution in [3.63, 3.8) is 0 Å². The van der Waals surface area contributed by atoms with E-state index in [1.807, 2.05) is 18.3 Å². The molecule has 0 spiro atoms. The molecule has 1 saturated heterocycles. The summed E-state index contributed by atoms with van der Waals surface area (Å²) >= 11 is 0. The maximum atomic E-state index is 8.58. The Bertz CT molecular complexity index is 779. The van der Waals surface area contributed by atoms with Crippen molar-refractivity contribution < 1.29 is 4.74 Å². The number of pyridine rings is 1. The fourth-order valence-corrected chi connectivity index (χ4v) is 3.44. The predicted molar refractivity (Wildman–Crippen MR) is 116 cm³/mol. The van der Waals surface area contributed by atoms with Crippen molar-refractivity contribution in [2.45, 2.75) is 32.9 Å². The Labute approximate surface area is 174 Å². The van der Waals surface area contributed by atoms with E-state index in [2.05, 4.69) is 57.4 Å². The van der Waals surface area contributed by atoms with Crippen LogP contribution >= 0.6 is 0 Å². The molecular formula is C23H31N5O. The molecule has 0 radical (unpaired) electrons. The zero-order chi connectivity index (χ0) is 20.3. The highest BCUT2D eigenvalue weighted by molar-refractivity contribution is 5.40. The van der Waals surface area contributed by atoms with E-state index in [4.69, 9.17) is 10.00 Å². The van der Waals surface area contributed by atoms with Gasteiger partial charge in [0.25, 0.3) is 0 Å². The number of nitriles is 1. The van der Waals surface area contributed by atoms with Gasteiger partial charge in [0.15, 0.2) is 0 Å². The lowest BCUT2D eigenvalue weighted by Gasteiger charge is -2.34. The summed E-state index contributed by atoms with van der Waals surface area (Å²) in [6.07, 6.45) is 3.27. The Morgan fingerprint density at radius 3 is 2.66 bits per heavy atom. The minimum atomic E-state index is 0.531. The van der Waals surface area contributed by atoms with Gasteiger partial charge in [0, 0.05) is 51.9 Å². The Balaban J connectivity index is 1.42. The summed E-state index contributed by atoms with van der Waals surface area (Å²) in [6.45, 7) is 9.81. The molecule has 0 unspecified atom stereocenters. The van der Waals surface area contributed by atoms with E-state index < -0.39 is 0 Å². The van der Waals surface area contributed by atoms with Gasteiger partial charge in [0.05, 0.1) is 12.7 Å². The molecule has 2 aromatic rings. The molecule has 1 aromatic carbocycles. The molecule has 1 N–H and O–H groups in total. The van der Waals surface area contributed by atoms with E-state index in [9.17, 15) is 0 Å². The lowest BCUT2D eigenvalue weighted by atomic mass is 10.2. The first-order valence-electron chi connectivity index (χ1n) is 10.5. The predicted octanol–water partition coefficient (Wildman–Crippen LogP) is 3.20. The van der Waals surface area contributed by atoms with Crippen LogP contribution in [-0.2, 0) is 13.1 Å². The third-order valence-electron chi connectivity index (χ3n) is 5.21. The Morgan fingerprint density at radius 2 is 1.93 bits per heavy atom. The fourth-order valence-electron chi connectivity index (χ4n) is 3.44. The minimum absolute atomic E-state index is 0.531. The molecular weight excluding hydrogens is 362 g/mol. The molecule has 1 aliphatic rings.